The van der Waals surface area contributed by atoms with Gasteiger partial charge in [-0.2, -0.15) is 0 Å². The molecule has 0 aliphatic rings. The van der Waals surface area contributed by atoms with Gasteiger partial charge in [0.05, 0.1) is 17.4 Å². The molecule has 1 unspecified atom stereocenters. The second-order valence-electron chi connectivity index (χ2n) is 10.7. The number of ether oxygens (including phenoxy) is 1. The van der Waals surface area contributed by atoms with Crippen LogP contribution in [0.25, 0.3) is 0 Å². The van der Waals surface area contributed by atoms with Crippen LogP contribution >= 0.6 is 0 Å². The lowest BCUT2D eigenvalue weighted by Crippen LogP contribution is -2.34. The van der Waals surface area contributed by atoms with Gasteiger partial charge in [0.25, 0.3) is 5.91 Å². The van der Waals surface area contributed by atoms with E-state index in [9.17, 15) is 14.4 Å². The number of carbonyl (C=O) groups excluding carboxylic acids is 3. The second kappa shape index (κ2) is 13.6. The van der Waals surface area contributed by atoms with Gasteiger partial charge in [0.15, 0.2) is 0 Å². The maximum absolute atomic E-state index is 13.0. The molecule has 1 atom stereocenters. The molecule has 0 saturated carbocycles. The normalized spacial score (nSPS) is 11.9. The molecule has 3 aromatic rings. The molecule has 0 aliphatic carbocycles. The van der Waals surface area contributed by atoms with Crippen LogP contribution in [0.2, 0.25) is 0 Å². The first kappa shape index (κ1) is 30.1. The minimum atomic E-state index is -0.658. The van der Waals surface area contributed by atoms with Crippen molar-refractivity contribution in [3.05, 3.63) is 83.7 Å². The Labute approximate surface area is 235 Å². The number of anilines is 3. The summed E-state index contributed by atoms with van der Waals surface area (Å²) in [6.45, 7) is 8.01. The standard InChI is InChI=1S/C30H38N6O4/c1-20-10-9-11-22(18-20)32-28(38)34-23(16-17-36(5)6)21-14-15-26(31-19-21)27(37)33-24-12-7-8-13-25(24)35-29(39)40-30(2,3)4/h7-15,18-19,23H,16-17H2,1-6H3,(H,33,37)(H,35,39)(H2,32,34,38). The van der Waals surface area contributed by atoms with Gasteiger partial charge >= 0.3 is 12.1 Å². The molecule has 2 aromatic carbocycles. The summed E-state index contributed by atoms with van der Waals surface area (Å²) in [5, 5.41) is 11.3. The van der Waals surface area contributed by atoms with Gasteiger partial charge in [-0.25, -0.2) is 9.59 Å². The molecule has 1 heterocycles. The minimum absolute atomic E-state index is 0.186. The first-order chi connectivity index (χ1) is 18.9. The van der Waals surface area contributed by atoms with Crippen LogP contribution < -0.4 is 21.3 Å². The van der Waals surface area contributed by atoms with Crippen LogP contribution in [0.1, 0.15) is 54.8 Å². The number of benzene rings is 2. The Bertz CT molecular complexity index is 1320. The van der Waals surface area contributed by atoms with Gasteiger partial charge in [-0.05, 0) is 96.2 Å². The number of carbonyl (C=O) groups is 3. The molecule has 0 spiro atoms. The summed E-state index contributed by atoms with van der Waals surface area (Å²) >= 11 is 0. The van der Waals surface area contributed by atoms with Crippen LogP contribution in [-0.4, -0.2) is 54.2 Å². The van der Waals surface area contributed by atoms with Crippen molar-refractivity contribution in [1.29, 1.82) is 0 Å². The number of nitrogens with zero attached hydrogens (tertiary/aromatic N) is 2. The number of hydrogen-bond acceptors (Lipinski definition) is 6. The summed E-state index contributed by atoms with van der Waals surface area (Å²) in [5.41, 5.74) is 2.85. The maximum Gasteiger partial charge on any atom is 0.412 e. The first-order valence-corrected chi connectivity index (χ1v) is 13.0. The lowest BCUT2D eigenvalue weighted by Gasteiger charge is -2.21. The van der Waals surface area contributed by atoms with Crippen LogP contribution in [0.3, 0.4) is 0 Å². The van der Waals surface area contributed by atoms with Gasteiger partial charge in [0.1, 0.15) is 11.3 Å². The zero-order chi connectivity index (χ0) is 29.3. The number of urea groups is 1. The molecule has 4 N–H and O–H groups in total. The molecule has 4 amide bonds. The number of aryl methyl sites for hydroxylation is 1. The van der Waals surface area contributed by atoms with Crippen molar-refractivity contribution >= 4 is 35.1 Å². The molecule has 40 heavy (non-hydrogen) atoms. The summed E-state index contributed by atoms with van der Waals surface area (Å²) < 4.78 is 5.31. The molecule has 0 saturated heterocycles. The van der Waals surface area contributed by atoms with E-state index in [0.717, 1.165) is 17.7 Å². The summed E-state index contributed by atoms with van der Waals surface area (Å²) in [6.07, 6.45) is 1.61. The van der Waals surface area contributed by atoms with E-state index < -0.39 is 17.6 Å². The van der Waals surface area contributed by atoms with E-state index in [-0.39, 0.29) is 17.8 Å². The summed E-state index contributed by atoms with van der Waals surface area (Å²) in [7, 11) is 3.93. The van der Waals surface area contributed by atoms with E-state index in [1.807, 2.05) is 50.2 Å². The quantitative estimate of drug-likeness (QED) is 0.269. The zero-order valence-electron chi connectivity index (χ0n) is 23.9. The van der Waals surface area contributed by atoms with Gasteiger partial charge in [-0.15, -0.1) is 0 Å². The van der Waals surface area contributed by atoms with Gasteiger partial charge < -0.3 is 25.6 Å². The predicted octanol–water partition coefficient (Wildman–Crippen LogP) is 5.80. The Morgan fingerprint density at radius 1 is 0.925 bits per heavy atom. The lowest BCUT2D eigenvalue weighted by atomic mass is 10.1. The van der Waals surface area contributed by atoms with Crippen LogP contribution in [0, 0.1) is 6.92 Å². The minimum Gasteiger partial charge on any atom is -0.444 e. The van der Waals surface area contributed by atoms with Crippen LogP contribution in [-0.2, 0) is 4.74 Å². The third-order valence-corrected chi connectivity index (χ3v) is 5.68. The summed E-state index contributed by atoms with van der Waals surface area (Å²) in [6, 6.07) is 17.1. The Hall–Kier alpha value is -4.44. The molecular formula is C30H38N6O4. The number of hydrogen-bond donors (Lipinski definition) is 4. The Morgan fingerprint density at radius 2 is 1.62 bits per heavy atom. The van der Waals surface area contributed by atoms with E-state index in [1.54, 1.807) is 63.4 Å². The molecule has 0 bridgehead atoms. The van der Waals surface area contributed by atoms with Crippen molar-refractivity contribution in [3.8, 4) is 0 Å². The van der Waals surface area contributed by atoms with Gasteiger partial charge in [-0.3, -0.25) is 15.1 Å². The number of pyridine rings is 1. The van der Waals surface area contributed by atoms with E-state index >= 15 is 0 Å². The molecule has 1 aromatic heterocycles. The molecule has 10 heteroatoms. The molecule has 212 valence electrons. The zero-order valence-corrected chi connectivity index (χ0v) is 23.9. The van der Waals surface area contributed by atoms with Crippen molar-refractivity contribution < 1.29 is 19.1 Å². The number of para-hydroxylation sites is 2. The molecular weight excluding hydrogens is 508 g/mol. The van der Waals surface area contributed by atoms with Gasteiger partial charge in [0.2, 0.25) is 0 Å². The summed E-state index contributed by atoms with van der Waals surface area (Å²) in [4.78, 5) is 44.4. The highest BCUT2D eigenvalue weighted by Gasteiger charge is 2.19. The first-order valence-electron chi connectivity index (χ1n) is 13.0. The third kappa shape index (κ3) is 9.70. The molecule has 0 radical (unpaired) electrons. The van der Waals surface area contributed by atoms with E-state index in [2.05, 4.69) is 26.3 Å². The van der Waals surface area contributed by atoms with Crippen LogP contribution in [0.4, 0.5) is 26.7 Å². The fourth-order valence-electron chi connectivity index (χ4n) is 3.80. The number of amides is 4. The fraction of sp³-hybridized carbons (Fsp3) is 0.333. The van der Waals surface area contributed by atoms with Crippen molar-refractivity contribution in [1.82, 2.24) is 15.2 Å². The highest BCUT2D eigenvalue weighted by molar-refractivity contribution is 6.05. The maximum atomic E-state index is 13.0. The molecule has 10 nitrogen and oxygen atoms in total. The predicted molar refractivity (Wildman–Crippen MR) is 158 cm³/mol. The number of aromatic nitrogens is 1. The topological polar surface area (TPSA) is 125 Å². The number of rotatable bonds is 9. The lowest BCUT2D eigenvalue weighted by molar-refractivity contribution is 0.0635. The Balaban J connectivity index is 1.70. The average Bonchev–Trinajstić information content (AvgIpc) is 2.86. The van der Waals surface area contributed by atoms with Crippen LogP contribution in [0.5, 0.6) is 0 Å². The van der Waals surface area contributed by atoms with Gasteiger partial charge in [0, 0.05) is 11.9 Å². The van der Waals surface area contributed by atoms with E-state index in [0.29, 0.717) is 23.5 Å². The third-order valence-electron chi connectivity index (χ3n) is 5.68. The molecule has 3 rings (SSSR count). The largest absolute Gasteiger partial charge is 0.444 e. The van der Waals surface area contributed by atoms with Crippen molar-refractivity contribution in [3.63, 3.8) is 0 Å². The van der Waals surface area contributed by atoms with Crippen molar-refractivity contribution in [2.45, 2.75) is 45.8 Å². The van der Waals surface area contributed by atoms with Gasteiger partial charge in [-0.1, -0.05) is 30.3 Å². The second-order valence-corrected chi connectivity index (χ2v) is 10.7. The van der Waals surface area contributed by atoms with Crippen LogP contribution in [0.15, 0.2) is 66.9 Å². The number of nitrogens with one attached hydrogen (secondary N) is 4. The molecule has 0 fully saturated rings. The SMILES string of the molecule is Cc1cccc(NC(=O)NC(CCN(C)C)c2ccc(C(=O)Nc3ccccc3NC(=O)OC(C)(C)C)nc2)c1. The summed E-state index contributed by atoms with van der Waals surface area (Å²) in [5.74, 6) is -0.444. The molecule has 0 aliphatic heterocycles. The van der Waals surface area contributed by atoms with E-state index in [1.165, 1.54) is 0 Å². The Morgan fingerprint density at radius 3 is 2.23 bits per heavy atom. The fourth-order valence-corrected chi connectivity index (χ4v) is 3.80. The van der Waals surface area contributed by atoms with Crippen molar-refractivity contribution in [2.75, 3.05) is 36.6 Å². The van der Waals surface area contributed by atoms with Crippen molar-refractivity contribution in [2.24, 2.45) is 0 Å². The Kier molecular flexibility index (Phi) is 10.2. The highest BCUT2D eigenvalue weighted by atomic mass is 16.6. The monoisotopic (exact) mass is 546 g/mol. The van der Waals surface area contributed by atoms with E-state index in [4.69, 9.17) is 4.74 Å². The average molecular weight is 547 g/mol. The smallest absolute Gasteiger partial charge is 0.412 e. The highest BCUT2D eigenvalue weighted by Crippen LogP contribution is 2.23.